The van der Waals surface area contributed by atoms with Crippen molar-refractivity contribution < 1.29 is 4.92 Å². The molecule has 0 spiro atoms. The van der Waals surface area contributed by atoms with Gasteiger partial charge < -0.3 is 5.32 Å². The van der Waals surface area contributed by atoms with Crippen LogP contribution in [0.5, 0.6) is 0 Å². The Balaban J connectivity index is 2.36. The van der Waals surface area contributed by atoms with Gasteiger partial charge in [-0.05, 0) is 18.2 Å². The minimum absolute atomic E-state index is 0.0542. The van der Waals surface area contributed by atoms with Crippen molar-refractivity contribution in [1.82, 2.24) is 9.97 Å². The van der Waals surface area contributed by atoms with Crippen LogP contribution in [0.1, 0.15) is 0 Å². The molecule has 1 N–H and O–H groups in total. The number of anilines is 1. The Morgan fingerprint density at radius 1 is 1.24 bits per heavy atom. The summed E-state index contributed by atoms with van der Waals surface area (Å²) < 4.78 is 0. The van der Waals surface area contributed by atoms with Crippen LogP contribution in [0.15, 0.2) is 36.5 Å². The molecule has 0 aliphatic heterocycles. The second-order valence-electron chi connectivity index (χ2n) is 3.32. The highest BCUT2D eigenvalue weighted by atomic mass is 16.6. The zero-order valence-corrected chi connectivity index (χ0v) is 9.12. The predicted molar refractivity (Wildman–Crippen MR) is 63.7 cm³/mol. The summed E-state index contributed by atoms with van der Waals surface area (Å²) in [5.41, 5.74) is 0.797. The molecule has 0 unspecified atom stereocenters. The molecule has 0 saturated carbocycles. The third kappa shape index (κ3) is 2.36. The average Bonchev–Trinajstić information content (AvgIpc) is 2.39. The Labute approximate surface area is 97.5 Å². The molecule has 0 amide bonds. The summed E-state index contributed by atoms with van der Waals surface area (Å²) >= 11 is 0. The highest BCUT2D eigenvalue weighted by molar-refractivity contribution is 5.58. The standard InChI is InChI=1S/C11H10N4O2/c1-12-10-6-7-13-11(14-10)8-2-4-9(5-3-8)15(16)17/h2-7H,1H3,(H,12,13,14). The van der Waals surface area contributed by atoms with E-state index in [1.54, 1.807) is 31.4 Å². The molecule has 86 valence electrons. The van der Waals surface area contributed by atoms with Gasteiger partial charge in [0.15, 0.2) is 5.82 Å². The van der Waals surface area contributed by atoms with Gasteiger partial charge in [-0.2, -0.15) is 0 Å². The normalized spacial score (nSPS) is 9.94. The first-order valence-corrected chi connectivity index (χ1v) is 4.96. The third-order valence-corrected chi connectivity index (χ3v) is 2.25. The zero-order valence-electron chi connectivity index (χ0n) is 9.12. The second kappa shape index (κ2) is 4.56. The van der Waals surface area contributed by atoms with E-state index >= 15 is 0 Å². The highest BCUT2D eigenvalue weighted by Crippen LogP contribution is 2.19. The number of nitro benzene ring substituents is 1. The van der Waals surface area contributed by atoms with Crippen molar-refractivity contribution in [2.45, 2.75) is 0 Å². The molecule has 1 aromatic heterocycles. The van der Waals surface area contributed by atoms with E-state index in [-0.39, 0.29) is 5.69 Å². The minimum Gasteiger partial charge on any atom is -0.373 e. The van der Waals surface area contributed by atoms with Crippen molar-refractivity contribution in [2.75, 3.05) is 12.4 Å². The predicted octanol–water partition coefficient (Wildman–Crippen LogP) is 2.09. The van der Waals surface area contributed by atoms with Crippen LogP contribution in [-0.2, 0) is 0 Å². The van der Waals surface area contributed by atoms with Crippen LogP contribution in [0.2, 0.25) is 0 Å². The maximum absolute atomic E-state index is 10.5. The molecule has 17 heavy (non-hydrogen) atoms. The number of hydrogen-bond acceptors (Lipinski definition) is 5. The lowest BCUT2D eigenvalue weighted by Gasteiger charge is -2.02. The summed E-state index contributed by atoms with van der Waals surface area (Å²) in [5.74, 6) is 1.24. The van der Waals surface area contributed by atoms with E-state index in [0.717, 1.165) is 5.56 Å². The first-order chi connectivity index (χ1) is 8.20. The Bertz CT molecular complexity index is 539. The lowest BCUT2D eigenvalue weighted by Crippen LogP contribution is -1.95. The number of nitro groups is 1. The Morgan fingerprint density at radius 3 is 2.53 bits per heavy atom. The maximum atomic E-state index is 10.5. The van der Waals surface area contributed by atoms with E-state index in [0.29, 0.717) is 11.6 Å². The molecule has 2 aromatic rings. The van der Waals surface area contributed by atoms with Gasteiger partial charge in [0.25, 0.3) is 5.69 Å². The average molecular weight is 230 g/mol. The number of hydrogen-bond donors (Lipinski definition) is 1. The largest absolute Gasteiger partial charge is 0.373 e. The zero-order chi connectivity index (χ0) is 12.3. The van der Waals surface area contributed by atoms with Gasteiger partial charge >= 0.3 is 0 Å². The van der Waals surface area contributed by atoms with Gasteiger partial charge in [-0.15, -0.1) is 0 Å². The monoisotopic (exact) mass is 230 g/mol. The molecule has 0 bridgehead atoms. The van der Waals surface area contributed by atoms with Gasteiger partial charge in [-0.3, -0.25) is 10.1 Å². The molecule has 6 nitrogen and oxygen atoms in total. The van der Waals surface area contributed by atoms with Gasteiger partial charge in [-0.25, -0.2) is 9.97 Å². The van der Waals surface area contributed by atoms with Gasteiger partial charge in [0.2, 0.25) is 0 Å². The van der Waals surface area contributed by atoms with Gasteiger partial charge in [0.05, 0.1) is 4.92 Å². The molecule has 0 saturated heterocycles. The number of aromatic nitrogens is 2. The molecule has 0 aliphatic rings. The molecule has 1 aromatic carbocycles. The van der Waals surface area contributed by atoms with Crippen molar-refractivity contribution >= 4 is 11.5 Å². The van der Waals surface area contributed by atoms with Crippen molar-refractivity contribution in [3.05, 3.63) is 46.6 Å². The first-order valence-electron chi connectivity index (χ1n) is 4.96. The van der Waals surface area contributed by atoms with Gasteiger partial charge in [-0.1, -0.05) is 0 Å². The second-order valence-corrected chi connectivity index (χ2v) is 3.32. The lowest BCUT2D eigenvalue weighted by molar-refractivity contribution is -0.384. The van der Waals surface area contributed by atoms with Crippen LogP contribution in [0, 0.1) is 10.1 Å². The summed E-state index contributed by atoms with van der Waals surface area (Å²) in [7, 11) is 1.77. The van der Waals surface area contributed by atoms with Crippen molar-refractivity contribution in [3.8, 4) is 11.4 Å². The Hall–Kier alpha value is -2.50. The van der Waals surface area contributed by atoms with Gasteiger partial charge in [0, 0.05) is 30.9 Å². The molecule has 0 atom stereocenters. The Morgan fingerprint density at radius 2 is 1.94 bits per heavy atom. The van der Waals surface area contributed by atoms with E-state index in [2.05, 4.69) is 15.3 Å². The number of non-ortho nitro benzene ring substituents is 1. The topological polar surface area (TPSA) is 81.0 Å². The van der Waals surface area contributed by atoms with Crippen LogP contribution in [0.4, 0.5) is 11.5 Å². The molecular formula is C11H10N4O2. The van der Waals surface area contributed by atoms with Crippen LogP contribution < -0.4 is 5.32 Å². The molecule has 0 fully saturated rings. The molecule has 2 rings (SSSR count). The first kappa shape index (κ1) is 11.0. The maximum Gasteiger partial charge on any atom is 0.269 e. The molecule has 6 heteroatoms. The number of nitrogens with one attached hydrogen (secondary N) is 1. The van der Waals surface area contributed by atoms with E-state index in [9.17, 15) is 10.1 Å². The van der Waals surface area contributed by atoms with E-state index < -0.39 is 4.92 Å². The fraction of sp³-hybridized carbons (Fsp3) is 0.0909. The smallest absolute Gasteiger partial charge is 0.269 e. The molecular weight excluding hydrogens is 220 g/mol. The van der Waals surface area contributed by atoms with Crippen LogP contribution in [-0.4, -0.2) is 21.9 Å². The third-order valence-electron chi connectivity index (χ3n) is 2.25. The fourth-order valence-corrected chi connectivity index (χ4v) is 1.37. The Kier molecular flexibility index (Phi) is 2.95. The van der Waals surface area contributed by atoms with E-state index in [1.165, 1.54) is 12.1 Å². The summed E-state index contributed by atoms with van der Waals surface area (Å²) in [4.78, 5) is 18.4. The fourth-order valence-electron chi connectivity index (χ4n) is 1.37. The van der Waals surface area contributed by atoms with E-state index in [4.69, 9.17) is 0 Å². The number of nitrogens with zero attached hydrogens (tertiary/aromatic N) is 3. The minimum atomic E-state index is -0.436. The summed E-state index contributed by atoms with van der Waals surface area (Å²) in [6.07, 6.45) is 1.63. The number of benzene rings is 1. The van der Waals surface area contributed by atoms with Gasteiger partial charge in [0.1, 0.15) is 5.82 Å². The summed E-state index contributed by atoms with van der Waals surface area (Å²) in [5, 5.41) is 13.4. The molecule has 1 heterocycles. The summed E-state index contributed by atoms with van der Waals surface area (Å²) in [6, 6.07) is 7.88. The highest BCUT2D eigenvalue weighted by Gasteiger charge is 2.06. The molecule has 0 aliphatic carbocycles. The lowest BCUT2D eigenvalue weighted by atomic mass is 10.2. The van der Waals surface area contributed by atoms with Crippen molar-refractivity contribution in [3.63, 3.8) is 0 Å². The van der Waals surface area contributed by atoms with Crippen LogP contribution in [0.3, 0.4) is 0 Å². The number of rotatable bonds is 3. The van der Waals surface area contributed by atoms with Crippen LogP contribution >= 0.6 is 0 Å². The quantitative estimate of drug-likeness (QED) is 0.645. The van der Waals surface area contributed by atoms with Crippen molar-refractivity contribution in [2.24, 2.45) is 0 Å². The van der Waals surface area contributed by atoms with Crippen molar-refractivity contribution in [1.29, 1.82) is 0 Å². The summed E-state index contributed by atoms with van der Waals surface area (Å²) in [6.45, 7) is 0. The van der Waals surface area contributed by atoms with E-state index in [1.807, 2.05) is 0 Å². The SMILES string of the molecule is CNc1ccnc(-c2ccc([N+](=O)[O-])cc2)n1. The molecule has 0 radical (unpaired) electrons. The van der Waals surface area contributed by atoms with Crippen LogP contribution in [0.25, 0.3) is 11.4 Å².